The lowest BCUT2D eigenvalue weighted by atomic mass is 10.1. The van der Waals surface area contributed by atoms with Crippen LogP contribution in [0.3, 0.4) is 0 Å². The first kappa shape index (κ1) is 16.2. The van der Waals surface area contributed by atoms with Crippen LogP contribution in [0, 0.1) is 6.92 Å². The summed E-state index contributed by atoms with van der Waals surface area (Å²) in [7, 11) is 1.51. The van der Waals surface area contributed by atoms with Gasteiger partial charge in [-0.1, -0.05) is 30.3 Å². The van der Waals surface area contributed by atoms with Crippen LogP contribution in [0.1, 0.15) is 23.2 Å². The highest BCUT2D eigenvalue weighted by molar-refractivity contribution is 5.82. The minimum atomic E-state index is -0.684. The minimum absolute atomic E-state index is 0.107. The van der Waals surface area contributed by atoms with Gasteiger partial charge in [0.1, 0.15) is 5.82 Å². The summed E-state index contributed by atoms with van der Waals surface area (Å²) in [5, 5.41) is 9.23. The van der Waals surface area contributed by atoms with E-state index in [1.54, 1.807) is 11.1 Å². The molecule has 1 amide bonds. The number of H-pyrrole nitrogens is 1. The number of imidazole rings is 1. The van der Waals surface area contributed by atoms with Gasteiger partial charge < -0.3 is 19.7 Å². The Morgan fingerprint density at radius 3 is 2.68 bits per heavy atom. The number of aromatic amines is 1. The van der Waals surface area contributed by atoms with Gasteiger partial charge in [0, 0.05) is 13.7 Å². The molecule has 0 fully saturated rings. The Morgan fingerprint density at radius 1 is 1.41 bits per heavy atom. The molecule has 0 radical (unpaired) electrons. The number of carbonyl (C=O) groups excluding carboxylic acids is 1. The number of carbonyl (C=O) groups is 1. The predicted octanol–water partition coefficient (Wildman–Crippen LogP) is 1.43. The van der Waals surface area contributed by atoms with Crippen LogP contribution in [0.4, 0.5) is 0 Å². The van der Waals surface area contributed by atoms with Crippen molar-refractivity contribution in [1.29, 1.82) is 0 Å². The van der Waals surface area contributed by atoms with Gasteiger partial charge in [0.2, 0.25) is 0 Å². The molecule has 2 aromatic rings. The second kappa shape index (κ2) is 7.72. The van der Waals surface area contributed by atoms with Crippen molar-refractivity contribution in [2.75, 3.05) is 20.3 Å². The Bertz CT molecular complexity index is 598. The van der Waals surface area contributed by atoms with Gasteiger partial charge in [0.15, 0.2) is 6.10 Å². The molecule has 2 rings (SSSR count). The van der Waals surface area contributed by atoms with E-state index in [0.717, 1.165) is 17.1 Å². The third-order valence-corrected chi connectivity index (χ3v) is 3.36. The molecule has 0 unspecified atom stereocenters. The van der Waals surface area contributed by atoms with E-state index in [0.29, 0.717) is 6.54 Å². The van der Waals surface area contributed by atoms with Crippen molar-refractivity contribution in [3.63, 3.8) is 0 Å². The largest absolute Gasteiger partial charge is 0.395 e. The van der Waals surface area contributed by atoms with Crippen molar-refractivity contribution in [2.45, 2.75) is 19.6 Å². The molecule has 0 bridgehead atoms. The number of methoxy groups -OCH3 is 1. The Labute approximate surface area is 129 Å². The van der Waals surface area contributed by atoms with Crippen molar-refractivity contribution >= 4 is 5.91 Å². The molecule has 6 heteroatoms. The second-order valence-electron chi connectivity index (χ2n) is 5.00. The summed E-state index contributed by atoms with van der Waals surface area (Å²) < 4.78 is 5.37. The number of aliphatic hydroxyl groups is 1. The highest BCUT2D eigenvalue weighted by Gasteiger charge is 2.25. The maximum atomic E-state index is 12.7. The zero-order valence-corrected chi connectivity index (χ0v) is 12.8. The summed E-state index contributed by atoms with van der Waals surface area (Å²) in [6.07, 6.45) is 1.01. The lowest BCUT2D eigenvalue weighted by Crippen LogP contribution is -2.37. The number of nitrogens with zero attached hydrogens (tertiary/aromatic N) is 2. The molecule has 1 heterocycles. The van der Waals surface area contributed by atoms with Crippen LogP contribution < -0.4 is 0 Å². The Morgan fingerprint density at radius 2 is 2.14 bits per heavy atom. The predicted molar refractivity (Wildman–Crippen MR) is 82.0 cm³/mol. The third kappa shape index (κ3) is 3.93. The van der Waals surface area contributed by atoms with E-state index >= 15 is 0 Å². The standard InChI is InChI=1S/C16H21N3O3/c1-12-17-10-14(18-12)11-19(8-9-20)16(21)15(22-2)13-6-4-3-5-7-13/h3-7,10,15,20H,8-9,11H2,1-2H3,(H,17,18)/t15-/m1/s1. The van der Waals surface area contributed by atoms with Crippen LogP contribution in [-0.2, 0) is 16.1 Å². The van der Waals surface area contributed by atoms with Crippen LogP contribution in [0.15, 0.2) is 36.5 Å². The molecule has 118 valence electrons. The van der Waals surface area contributed by atoms with Crippen molar-refractivity contribution in [3.8, 4) is 0 Å². The van der Waals surface area contributed by atoms with E-state index in [2.05, 4.69) is 9.97 Å². The number of aliphatic hydroxyl groups excluding tert-OH is 1. The molecule has 1 aromatic carbocycles. The Balaban J connectivity index is 2.17. The van der Waals surface area contributed by atoms with Gasteiger partial charge in [-0.3, -0.25) is 4.79 Å². The lowest BCUT2D eigenvalue weighted by Gasteiger charge is -2.26. The topological polar surface area (TPSA) is 78.4 Å². The third-order valence-electron chi connectivity index (χ3n) is 3.36. The van der Waals surface area contributed by atoms with E-state index in [1.807, 2.05) is 37.3 Å². The number of amides is 1. The van der Waals surface area contributed by atoms with E-state index in [1.165, 1.54) is 7.11 Å². The normalized spacial score (nSPS) is 12.1. The summed E-state index contributed by atoms with van der Waals surface area (Å²) >= 11 is 0. The SMILES string of the molecule is CO[C@@H](C(=O)N(CCO)Cc1cnc(C)[nH]1)c1ccccc1. The van der Waals surface area contributed by atoms with Crippen LogP contribution in [-0.4, -0.2) is 46.1 Å². The van der Waals surface area contributed by atoms with Gasteiger partial charge >= 0.3 is 0 Å². The number of hydrogen-bond donors (Lipinski definition) is 2. The molecule has 0 spiro atoms. The second-order valence-corrected chi connectivity index (χ2v) is 5.00. The Kier molecular flexibility index (Phi) is 5.68. The van der Waals surface area contributed by atoms with E-state index in [-0.39, 0.29) is 19.1 Å². The van der Waals surface area contributed by atoms with Gasteiger partial charge in [-0.15, -0.1) is 0 Å². The quantitative estimate of drug-likeness (QED) is 0.811. The molecule has 0 aliphatic carbocycles. The number of nitrogens with one attached hydrogen (secondary N) is 1. The number of aromatic nitrogens is 2. The van der Waals surface area contributed by atoms with Gasteiger partial charge in [0.25, 0.3) is 5.91 Å². The summed E-state index contributed by atoms with van der Waals surface area (Å²) in [5.41, 5.74) is 1.61. The molecular formula is C16H21N3O3. The first-order valence-electron chi connectivity index (χ1n) is 7.13. The molecule has 1 aromatic heterocycles. The van der Waals surface area contributed by atoms with E-state index in [9.17, 15) is 9.90 Å². The van der Waals surface area contributed by atoms with Crippen LogP contribution >= 0.6 is 0 Å². The zero-order chi connectivity index (χ0) is 15.9. The molecule has 6 nitrogen and oxygen atoms in total. The fourth-order valence-electron chi connectivity index (χ4n) is 2.32. The summed E-state index contributed by atoms with van der Waals surface area (Å²) in [6, 6.07) is 9.32. The highest BCUT2D eigenvalue weighted by Crippen LogP contribution is 2.20. The van der Waals surface area contributed by atoms with Crippen molar-refractivity contribution < 1.29 is 14.6 Å². The fraction of sp³-hybridized carbons (Fsp3) is 0.375. The zero-order valence-electron chi connectivity index (χ0n) is 12.8. The average Bonchev–Trinajstić information content (AvgIpc) is 2.94. The number of aryl methyl sites for hydroxylation is 1. The maximum Gasteiger partial charge on any atom is 0.256 e. The molecule has 0 saturated heterocycles. The number of rotatable bonds is 7. The molecule has 0 aliphatic rings. The van der Waals surface area contributed by atoms with Crippen molar-refractivity contribution in [1.82, 2.24) is 14.9 Å². The van der Waals surface area contributed by atoms with E-state index in [4.69, 9.17) is 4.74 Å². The van der Waals surface area contributed by atoms with Crippen LogP contribution in [0.25, 0.3) is 0 Å². The van der Waals surface area contributed by atoms with Gasteiger partial charge in [-0.25, -0.2) is 4.98 Å². The Hall–Kier alpha value is -2.18. The van der Waals surface area contributed by atoms with Gasteiger partial charge in [0.05, 0.1) is 25.0 Å². The van der Waals surface area contributed by atoms with Crippen LogP contribution in [0.2, 0.25) is 0 Å². The first-order valence-corrected chi connectivity index (χ1v) is 7.13. The number of benzene rings is 1. The molecule has 0 aliphatic heterocycles. The minimum Gasteiger partial charge on any atom is -0.395 e. The van der Waals surface area contributed by atoms with Gasteiger partial charge in [-0.2, -0.15) is 0 Å². The number of hydrogen-bond acceptors (Lipinski definition) is 4. The molecule has 2 N–H and O–H groups in total. The van der Waals surface area contributed by atoms with Crippen molar-refractivity contribution in [2.24, 2.45) is 0 Å². The van der Waals surface area contributed by atoms with Crippen molar-refractivity contribution in [3.05, 3.63) is 53.6 Å². The molecule has 0 saturated carbocycles. The van der Waals surface area contributed by atoms with Crippen LogP contribution in [0.5, 0.6) is 0 Å². The number of ether oxygens (including phenoxy) is 1. The highest BCUT2D eigenvalue weighted by atomic mass is 16.5. The summed E-state index contributed by atoms with van der Waals surface area (Å²) in [6.45, 7) is 2.34. The summed E-state index contributed by atoms with van der Waals surface area (Å²) in [5.74, 6) is 0.604. The molecule has 1 atom stereocenters. The lowest BCUT2D eigenvalue weighted by molar-refractivity contribution is -0.143. The fourth-order valence-corrected chi connectivity index (χ4v) is 2.32. The maximum absolute atomic E-state index is 12.7. The van der Waals surface area contributed by atoms with Gasteiger partial charge in [-0.05, 0) is 12.5 Å². The monoisotopic (exact) mass is 303 g/mol. The first-order chi connectivity index (χ1) is 10.7. The molecular weight excluding hydrogens is 282 g/mol. The average molecular weight is 303 g/mol. The summed E-state index contributed by atoms with van der Waals surface area (Å²) in [4.78, 5) is 21.5. The smallest absolute Gasteiger partial charge is 0.256 e. The molecule has 22 heavy (non-hydrogen) atoms. The van der Waals surface area contributed by atoms with E-state index < -0.39 is 6.10 Å².